The number of benzene rings is 2. The monoisotopic (exact) mass is 419 g/mol. The van der Waals surface area contributed by atoms with Gasteiger partial charge in [-0.2, -0.15) is 0 Å². The second kappa shape index (κ2) is 8.44. The number of carbonyl (C=O) groups excluding carboxylic acids is 2. The van der Waals surface area contributed by atoms with Crippen LogP contribution in [0, 0.1) is 0 Å². The molecule has 2 aromatic carbocycles. The molecule has 0 aliphatic carbocycles. The fourth-order valence-corrected chi connectivity index (χ4v) is 5.35. The summed E-state index contributed by atoms with van der Waals surface area (Å²) in [6.07, 6.45) is 4.51. The van der Waals surface area contributed by atoms with Gasteiger partial charge in [-0.05, 0) is 67.5 Å². The number of amides is 2. The second-order valence-corrected chi connectivity index (χ2v) is 8.99. The van der Waals surface area contributed by atoms with E-state index in [9.17, 15) is 14.7 Å². The lowest BCUT2D eigenvalue weighted by Gasteiger charge is -2.30. The van der Waals surface area contributed by atoms with Crippen molar-refractivity contribution >= 4 is 11.8 Å². The topological polar surface area (TPSA) is 81.7 Å². The molecule has 0 radical (unpaired) electrons. The Morgan fingerprint density at radius 2 is 1.58 bits per heavy atom. The molecule has 31 heavy (non-hydrogen) atoms. The number of carbonyl (C=O) groups is 2. The minimum atomic E-state index is -0.677. The first-order valence-electron chi connectivity index (χ1n) is 11.3. The van der Waals surface area contributed by atoms with E-state index in [4.69, 9.17) is 0 Å². The molecule has 2 bridgehead atoms. The zero-order chi connectivity index (χ0) is 21.4. The SMILES string of the molecule is O=C(NC[C@@H](O)[C@@H]1Cc2ccccc2CN1)c1ccc(C(=O)N2C3CCC2CC3)cc1. The normalized spacial score (nSPS) is 25.2. The first kappa shape index (κ1) is 20.2. The Morgan fingerprint density at radius 1 is 0.968 bits per heavy atom. The Hall–Kier alpha value is -2.70. The summed E-state index contributed by atoms with van der Waals surface area (Å²) < 4.78 is 0. The van der Waals surface area contributed by atoms with Gasteiger partial charge in [0.05, 0.1) is 6.10 Å². The summed E-state index contributed by atoms with van der Waals surface area (Å²) >= 11 is 0. The molecule has 0 aromatic heterocycles. The predicted octanol–water partition coefficient (Wildman–Crippen LogP) is 2.26. The fraction of sp³-hybridized carbons (Fsp3) is 0.440. The molecule has 2 aromatic rings. The summed E-state index contributed by atoms with van der Waals surface area (Å²) in [4.78, 5) is 27.4. The van der Waals surface area contributed by atoms with E-state index < -0.39 is 6.10 Å². The van der Waals surface area contributed by atoms with Crippen LogP contribution in [-0.4, -0.2) is 52.6 Å². The van der Waals surface area contributed by atoms with E-state index >= 15 is 0 Å². The van der Waals surface area contributed by atoms with Crippen LogP contribution < -0.4 is 10.6 Å². The molecule has 0 spiro atoms. The van der Waals surface area contributed by atoms with Gasteiger partial charge in [0, 0.05) is 42.3 Å². The maximum absolute atomic E-state index is 12.9. The third kappa shape index (κ3) is 3.98. The molecule has 3 aliphatic rings. The Morgan fingerprint density at radius 3 is 2.26 bits per heavy atom. The van der Waals surface area contributed by atoms with E-state index in [1.165, 1.54) is 11.1 Å². The number of nitrogens with one attached hydrogen (secondary N) is 2. The summed E-state index contributed by atoms with van der Waals surface area (Å²) in [5, 5.41) is 16.7. The van der Waals surface area contributed by atoms with Gasteiger partial charge in [0.25, 0.3) is 11.8 Å². The van der Waals surface area contributed by atoms with Crippen LogP contribution in [-0.2, 0) is 13.0 Å². The quantitative estimate of drug-likeness (QED) is 0.694. The molecule has 0 unspecified atom stereocenters. The van der Waals surface area contributed by atoms with Gasteiger partial charge in [-0.1, -0.05) is 24.3 Å². The van der Waals surface area contributed by atoms with Crippen molar-refractivity contribution in [3.63, 3.8) is 0 Å². The van der Waals surface area contributed by atoms with Crippen molar-refractivity contribution in [2.24, 2.45) is 0 Å². The Bertz CT molecular complexity index is 954. The van der Waals surface area contributed by atoms with Crippen molar-refractivity contribution in [1.29, 1.82) is 0 Å². The van der Waals surface area contributed by atoms with Crippen LogP contribution in [0.1, 0.15) is 57.5 Å². The summed E-state index contributed by atoms with van der Waals surface area (Å²) in [6.45, 7) is 0.899. The highest BCUT2D eigenvalue weighted by atomic mass is 16.3. The van der Waals surface area contributed by atoms with Gasteiger partial charge in [-0.3, -0.25) is 9.59 Å². The second-order valence-electron chi connectivity index (χ2n) is 8.99. The van der Waals surface area contributed by atoms with E-state index in [-0.39, 0.29) is 24.4 Å². The van der Waals surface area contributed by atoms with Gasteiger partial charge in [0.2, 0.25) is 0 Å². The number of fused-ring (bicyclic) bond motifs is 3. The molecular weight excluding hydrogens is 390 g/mol. The highest BCUT2D eigenvalue weighted by Gasteiger charge is 2.42. The summed E-state index contributed by atoms with van der Waals surface area (Å²) in [7, 11) is 0. The van der Waals surface area contributed by atoms with Crippen LogP contribution >= 0.6 is 0 Å². The third-order valence-electron chi connectivity index (χ3n) is 7.13. The van der Waals surface area contributed by atoms with Crippen molar-refractivity contribution in [3.8, 4) is 0 Å². The zero-order valence-electron chi connectivity index (χ0n) is 17.6. The van der Waals surface area contributed by atoms with Gasteiger partial charge in [0.1, 0.15) is 0 Å². The molecule has 6 heteroatoms. The first-order valence-corrected chi connectivity index (χ1v) is 11.3. The number of nitrogens with zero attached hydrogens (tertiary/aromatic N) is 1. The van der Waals surface area contributed by atoms with E-state index in [2.05, 4.69) is 22.8 Å². The molecule has 3 N–H and O–H groups in total. The van der Waals surface area contributed by atoms with Crippen molar-refractivity contribution in [2.45, 2.75) is 62.9 Å². The van der Waals surface area contributed by atoms with Crippen molar-refractivity contribution in [2.75, 3.05) is 6.54 Å². The number of hydrogen-bond acceptors (Lipinski definition) is 4. The lowest BCUT2D eigenvalue weighted by molar-refractivity contribution is 0.0729. The Labute approximate surface area is 182 Å². The van der Waals surface area contributed by atoms with E-state index in [0.717, 1.165) is 38.6 Å². The maximum Gasteiger partial charge on any atom is 0.254 e. The summed E-state index contributed by atoms with van der Waals surface area (Å²) in [6, 6.07) is 15.8. The van der Waals surface area contributed by atoms with E-state index in [1.54, 1.807) is 24.3 Å². The van der Waals surface area contributed by atoms with Gasteiger partial charge in [0.15, 0.2) is 0 Å². The molecule has 162 valence electrons. The van der Waals surface area contributed by atoms with E-state index in [1.807, 2.05) is 17.0 Å². The largest absolute Gasteiger partial charge is 0.390 e. The van der Waals surface area contributed by atoms with Crippen LogP contribution in [0.25, 0.3) is 0 Å². The molecule has 2 atom stereocenters. The van der Waals surface area contributed by atoms with Crippen LogP contribution in [0.15, 0.2) is 48.5 Å². The Balaban J connectivity index is 1.15. The Kier molecular flexibility index (Phi) is 5.50. The smallest absolute Gasteiger partial charge is 0.254 e. The molecule has 3 aliphatic heterocycles. The highest BCUT2D eigenvalue weighted by Crippen LogP contribution is 2.38. The zero-order valence-corrected chi connectivity index (χ0v) is 17.6. The van der Waals surface area contributed by atoms with E-state index in [0.29, 0.717) is 23.2 Å². The van der Waals surface area contributed by atoms with Crippen molar-refractivity contribution < 1.29 is 14.7 Å². The molecule has 6 nitrogen and oxygen atoms in total. The van der Waals surface area contributed by atoms with Gasteiger partial charge >= 0.3 is 0 Å². The van der Waals surface area contributed by atoms with Crippen LogP contribution in [0.2, 0.25) is 0 Å². The molecule has 2 fully saturated rings. The first-order chi connectivity index (χ1) is 15.1. The third-order valence-corrected chi connectivity index (χ3v) is 7.13. The molecule has 3 heterocycles. The average Bonchev–Trinajstić information content (AvgIpc) is 3.42. The number of aliphatic hydroxyl groups is 1. The standard InChI is InChI=1S/C25H29N3O3/c29-23(22-13-18-3-1-2-4-19(18)14-26-22)15-27-24(30)16-5-7-17(8-6-16)25(31)28-20-9-10-21(28)12-11-20/h1-8,20-23,26,29H,9-15H2,(H,27,30)/t20?,21?,22-,23+/m0/s1. The van der Waals surface area contributed by atoms with Crippen LogP contribution in [0.3, 0.4) is 0 Å². The number of aliphatic hydroxyl groups excluding tert-OH is 1. The number of rotatable bonds is 5. The van der Waals surface area contributed by atoms with Gasteiger partial charge < -0.3 is 20.6 Å². The fourth-order valence-electron chi connectivity index (χ4n) is 5.35. The lowest BCUT2D eigenvalue weighted by Crippen LogP contribution is -2.49. The van der Waals surface area contributed by atoms with Gasteiger partial charge in [-0.15, -0.1) is 0 Å². The molecule has 2 amide bonds. The van der Waals surface area contributed by atoms with Crippen molar-refractivity contribution in [1.82, 2.24) is 15.5 Å². The number of hydrogen-bond donors (Lipinski definition) is 3. The lowest BCUT2D eigenvalue weighted by atomic mass is 9.93. The molecular formula is C25H29N3O3. The highest BCUT2D eigenvalue weighted by molar-refractivity contribution is 5.98. The predicted molar refractivity (Wildman–Crippen MR) is 118 cm³/mol. The summed E-state index contributed by atoms with van der Waals surface area (Å²) in [5.74, 6) is -0.161. The molecule has 0 saturated carbocycles. The van der Waals surface area contributed by atoms with Gasteiger partial charge in [-0.25, -0.2) is 0 Å². The van der Waals surface area contributed by atoms with Crippen molar-refractivity contribution in [3.05, 3.63) is 70.8 Å². The minimum absolute atomic E-state index is 0.0797. The van der Waals surface area contributed by atoms with Crippen LogP contribution in [0.5, 0.6) is 0 Å². The molecule has 5 rings (SSSR count). The average molecular weight is 420 g/mol. The maximum atomic E-state index is 12.9. The summed E-state index contributed by atoms with van der Waals surface area (Å²) in [5.41, 5.74) is 3.63. The molecule has 2 saturated heterocycles. The minimum Gasteiger partial charge on any atom is -0.390 e. The van der Waals surface area contributed by atoms with Crippen LogP contribution in [0.4, 0.5) is 0 Å².